The van der Waals surface area contributed by atoms with Crippen LogP contribution in [0, 0.1) is 0 Å². The van der Waals surface area contributed by atoms with Gasteiger partial charge in [-0.05, 0) is 44.9 Å². The van der Waals surface area contributed by atoms with Gasteiger partial charge < -0.3 is 15.2 Å². The third kappa shape index (κ3) is 6.49. The van der Waals surface area contributed by atoms with Crippen molar-refractivity contribution in [1.29, 1.82) is 0 Å². The van der Waals surface area contributed by atoms with Gasteiger partial charge in [0.25, 0.3) is 0 Å². The number of nitrogens with one attached hydrogen (secondary N) is 1. The van der Waals surface area contributed by atoms with E-state index < -0.39 is 29.5 Å². The Morgan fingerprint density at radius 2 is 1.75 bits per heavy atom. The van der Waals surface area contributed by atoms with Crippen LogP contribution in [-0.4, -0.2) is 29.3 Å². The number of carbonyl (C=O) groups excluding carboxylic acids is 1. The van der Waals surface area contributed by atoms with E-state index in [1.54, 1.807) is 6.92 Å². The monoisotopic (exact) mass is 347 g/mol. The van der Waals surface area contributed by atoms with Crippen LogP contribution in [0.2, 0.25) is 0 Å². The van der Waals surface area contributed by atoms with Gasteiger partial charge in [0.2, 0.25) is 5.91 Å². The molecule has 0 aliphatic carbocycles. The van der Waals surface area contributed by atoms with E-state index in [0.717, 1.165) is 12.1 Å². The number of halogens is 3. The highest BCUT2D eigenvalue weighted by Crippen LogP contribution is 2.30. The second kappa shape index (κ2) is 7.98. The summed E-state index contributed by atoms with van der Waals surface area (Å²) >= 11 is 0. The van der Waals surface area contributed by atoms with Crippen molar-refractivity contribution in [2.24, 2.45) is 0 Å². The molecule has 2 N–H and O–H groups in total. The smallest absolute Gasteiger partial charge is 0.386 e. The van der Waals surface area contributed by atoms with E-state index in [-0.39, 0.29) is 12.5 Å². The molecular weight excluding hydrogens is 323 g/mol. The number of carbonyl (C=O) groups is 1. The van der Waals surface area contributed by atoms with E-state index in [1.807, 2.05) is 20.8 Å². The van der Waals surface area contributed by atoms with Crippen LogP contribution < -0.4 is 5.32 Å². The second-order valence-corrected chi connectivity index (χ2v) is 6.55. The summed E-state index contributed by atoms with van der Waals surface area (Å²) in [4.78, 5) is 11.9. The number of rotatable bonds is 6. The van der Waals surface area contributed by atoms with Crippen LogP contribution in [-0.2, 0) is 15.7 Å². The highest BCUT2D eigenvalue weighted by atomic mass is 19.4. The molecule has 0 aliphatic heterocycles. The first-order valence-corrected chi connectivity index (χ1v) is 7.72. The summed E-state index contributed by atoms with van der Waals surface area (Å²) in [7, 11) is 0. The van der Waals surface area contributed by atoms with E-state index >= 15 is 0 Å². The van der Waals surface area contributed by atoms with Crippen molar-refractivity contribution in [3.05, 3.63) is 35.4 Å². The second-order valence-electron chi connectivity index (χ2n) is 6.55. The van der Waals surface area contributed by atoms with Crippen LogP contribution in [0.25, 0.3) is 0 Å². The van der Waals surface area contributed by atoms with E-state index in [2.05, 4.69) is 5.32 Å². The summed E-state index contributed by atoms with van der Waals surface area (Å²) in [6.45, 7) is 7.06. The SMILES string of the molecule is CCC(NC(=O)COC(C)(C)C)C(O)c1ccc(C(F)(F)F)cc1. The molecule has 0 aliphatic rings. The van der Waals surface area contributed by atoms with Gasteiger partial charge in [-0.1, -0.05) is 19.1 Å². The van der Waals surface area contributed by atoms with Gasteiger partial charge in [0.15, 0.2) is 0 Å². The lowest BCUT2D eigenvalue weighted by Gasteiger charge is -2.25. The Morgan fingerprint density at radius 3 is 2.17 bits per heavy atom. The third-order valence-corrected chi connectivity index (χ3v) is 3.38. The molecule has 2 atom stereocenters. The maximum Gasteiger partial charge on any atom is 0.416 e. The van der Waals surface area contributed by atoms with Gasteiger partial charge in [-0.3, -0.25) is 4.79 Å². The van der Waals surface area contributed by atoms with Crippen molar-refractivity contribution >= 4 is 5.91 Å². The number of alkyl halides is 3. The molecule has 0 aromatic heterocycles. The molecule has 7 heteroatoms. The number of hydrogen-bond acceptors (Lipinski definition) is 3. The zero-order chi connectivity index (χ0) is 18.5. The van der Waals surface area contributed by atoms with Crippen molar-refractivity contribution in [1.82, 2.24) is 5.32 Å². The van der Waals surface area contributed by atoms with Crippen molar-refractivity contribution in [3.8, 4) is 0 Å². The normalized spacial score (nSPS) is 15.0. The summed E-state index contributed by atoms with van der Waals surface area (Å²) in [5.74, 6) is -0.386. The zero-order valence-corrected chi connectivity index (χ0v) is 14.3. The molecule has 0 heterocycles. The first kappa shape index (κ1) is 20.4. The lowest BCUT2D eigenvalue weighted by Crippen LogP contribution is -2.42. The molecule has 0 fully saturated rings. The lowest BCUT2D eigenvalue weighted by atomic mass is 9.99. The van der Waals surface area contributed by atoms with Crippen LogP contribution in [0.1, 0.15) is 51.3 Å². The minimum Gasteiger partial charge on any atom is -0.386 e. The van der Waals surface area contributed by atoms with Crippen molar-refractivity contribution in [3.63, 3.8) is 0 Å². The Morgan fingerprint density at radius 1 is 1.21 bits per heavy atom. The van der Waals surface area contributed by atoms with Crippen molar-refractivity contribution in [2.75, 3.05) is 6.61 Å². The standard InChI is InChI=1S/C17H24F3NO3/c1-5-13(21-14(22)10-24-16(2,3)4)15(23)11-6-8-12(9-7-11)17(18,19)20/h6-9,13,15,23H,5,10H2,1-4H3,(H,21,22). The number of hydrogen-bond donors (Lipinski definition) is 2. The lowest BCUT2D eigenvalue weighted by molar-refractivity contribution is -0.137. The molecule has 136 valence electrons. The van der Waals surface area contributed by atoms with Gasteiger partial charge in [-0.15, -0.1) is 0 Å². The van der Waals surface area contributed by atoms with Gasteiger partial charge in [0.1, 0.15) is 6.61 Å². The summed E-state index contributed by atoms with van der Waals surface area (Å²) in [6.07, 6.45) is -5.11. The molecule has 24 heavy (non-hydrogen) atoms. The van der Waals surface area contributed by atoms with E-state index in [4.69, 9.17) is 4.74 Å². The highest BCUT2D eigenvalue weighted by Gasteiger charge is 2.30. The highest BCUT2D eigenvalue weighted by molar-refractivity contribution is 5.77. The molecule has 1 aromatic rings. The largest absolute Gasteiger partial charge is 0.416 e. The topological polar surface area (TPSA) is 58.6 Å². The Balaban J connectivity index is 2.72. The van der Waals surface area contributed by atoms with E-state index in [9.17, 15) is 23.1 Å². The molecule has 1 aromatic carbocycles. The predicted octanol–water partition coefficient (Wildman–Crippen LogP) is 3.45. The minimum atomic E-state index is -4.42. The molecule has 0 spiro atoms. The van der Waals surface area contributed by atoms with Crippen molar-refractivity contribution < 1.29 is 27.8 Å². The number of amides is 1. The van der Waals surface area contributed by atoms with Crippen LogP contribution in [0.5, 0.6) is 0 Å². The molecule has 0 bridgehead atoms. The van der Waals surface area contributed by atoms with E-state index in [0.29, 0.717) is 12.0 Å². The summed E-state index contributed by atoms with van der Waals surface area (Å²) in [6, 6.07) is 3.64. The fourth-order valence-corrected chi connectivity index (χ4v) is 2.04. The Bertz CT molecular complexity index is 535. The predicted molar refractivity (Wildman–Crippen MR) is 84.3 cm³/mol. The maximum absolute atomic E-state index is 12.6. The molecule has 0 saturated heterocycles. The fourth-order valence-electron chi connectivity index (χ4n) is 2.04. The average Bonchev–Trinajstić information content (AvgIpc) is 2.48. The average molecular weight is 347 g/mol. The van der Waals surface area contributed by atoms with Gasteiger partial charge >= 0.3 is 6.18 Å². The van der Waals surface area contributed by atoms with Crippen LogP contribution in [0.15, 0.2) is 24.3 Å². The minimum absolute atomic E-state index is 0.153. The first-order chi connectivity index (χ1) is 10.9. The Kier molecular flexibility index (Phi) is 6.80. The van der Waals surface area contributed by atoms with Gasteiger partial charge in [-0.2, -0.15) is 13.2 Å². The van der Waals surface area contributed by atoms with Crippen LogP contribution in [0.4, 0.5) is 13.2 Å². The zero-order valence-electron chi connectivity index (χ0n) is 14.3. The number of benzene rings is 1. The molecule has 0 saturated carbocycles. The summed E-state index contributed by atoms with van der Waals surface area (Å²) in [5, 5.41) is 13.0. The summed E-state index contributed by atoms with van der Waals surface area (Å²) < 4.78 is 43.1. The van der Waals surface area contributed by atoms with Crippen LogP contribution >= 0.6 is 0 Å². The molecular formula is C17H24F3NO3. The van der Waals surface area contributed by atoms with Gasteiger partial charge in [-0.25, -0.2) is 0 Å². The molecule has 2 unspecified atom stereocenters. The van der Waals surface area contributed by atoms with Crippen LogP contribution in [0.3, 0.4) is 0 Å². The quantitative estimate of drug-likeness (QED) is 0.829. The van der Waals surface area contributed by atoms with Gasteiger partial charge in [0, 0.05) is 0 Å². The summed E-state index contributed by atoms with van der Waals surface area (Å²) in [5.41, 5.74) is -0.938. The molecule has 4 nitrogen and oxygen atoms in total. The van der Waals surface area contributed by atoms with E-state index in [1.165, 1.54) is 12.1 Å². The Labute approximate surface area is 140 Å². The third-order valence-electron chi connectivity index (χ3n) is 3.38. The maximum atomic E-state index is 12.6. The number of aliphatic hydroxyl groups excluding tert-OH is 1. The number of ether oxygens (including phenoxy) is 1. The fraction of sp³-hybridized carbons (Fsp3) is 0.588. The first-order valence-electron chi connectivity index (χ1n) is 7.72. The molecule has 0 radical (unpaired) electrons. The van der Waals surface area contributed by atoms with Gasteiger partial charge in [0.05, 0.1) is 23.3 Å². The molecule has 1 amide bonds. The molecule has 1 rings (SSSR count). The van der Waals surface area contributed by atoms with Crippen molar-refractivity contribution in [2.45, 2.75) is 58.0 Å². The number of aliphatic hydroxyl groups is 1. The Hall–Kier alpha value is -1.60.